The molecule has 0 unspecified atom stereocenters. The van der Waals surface area contributed by atoms with E-state index in [1.807, 2.05) is 0 Å². The minimum absolute atomic E-state index is 0.536. The Morgan fingerprint density at radius 1 is 0.636 bits per heavy atom. The number of benzene rings is 3. The Hall–Kier alpha value is -2.34. The molecule has 0 fully saturated rings. The lowest BCUT2D eigenvalue weighted by Gasteiger charge is -2.15. The average molecular weight is 286 g/mol. The SMILES string of the molecule is Cc1cccc(-c2ccc(C(C)C)cc2-c2ccccc2)c1. The summed E-state index contributed by atoms with van der Waals surface area (Å²) in [5, 5.41) is 0. The van der Waals surface area contributed by atoms with Crippen LogP contribution in [-0.2, 0) is 0 Å². The number of rotatable bonds is 3. The molecular formula is C22H22. The molecule has 3 aromatic carbocycles. The lowest BCUT2D eigenvalue weighted by molar-refractivity contribution is 0.867. The van der Waals surface area contributed by atoms with Crippen molar-refractivity contribution in [2.24, 2.45) is 0 Å². The van der Waals surface area contributed by atoms with Crippen LogP contribution in [0.2, 0.25) is 0 Å². The van der Waals surface area contributed by atoms with Gasteiger partial charge in [0, 0.05) is 0 Å². The molecular weight excluding hydrogens is 264 g/mol. The number of aryl methyl sites for hydroxylation is 1. The van der Waals surface area contributed by atoms with Gasteiger partial charge in [0.15, 0.2) is 0 Å². The van der Waals surface area contributed by atoms with Crippen molar-refractivity contribution in [3.05, 3.63) is 83.9 Å². The standard InChI is InChI=1S/C22H22/c1-16(2)19-12-13-21(20-11-7-8-17(3)14-20)22(15-19)18-9-5-4-6-10-18/h4-16H,1-3H3. The van der Waals surface area contributed by atoms with Crippen LogP contribution >= 0.6 is 0 Å². The van der Waals surface area contributed by atoms with Crippen LogP contribution in [0, 0.1) is 6.92 Å². The van der Waals surface area contributed by atoms with Gasteiger partial charge < -0.3 is 0 Å². The largest absolute Gasteiger partial charge is 0.0622 e. The topological polar surface area (TPSA) is 0 Å². The molecule has 0 spiro atoms. The van der Waals surface area contributed by atoms with Crippen LogP contribution in [0.5, 0.6) is 0 Å². The normalized spacial score (nSPS) is 10.9. The monoisotopic (exact) mass is 286 g/mol. The highest BCUT2D eigenvalue weighted by atomic mass is 14.1. The quantitative estimate of drug-likeness (QED) is 0.519. The Kier molecular flexibility index (Phi) is 4.11. The molecule has 0 amide bonds. The van der Waals surface area contributed by atoms with Gasteiger partial charge in [-0.25, -0.2) is 0 Å². The highest BCUT2D eigenvalue weighted by Gasteiger charge is 2.10. The Morgan fingerprint density at radius 3 is 2.05 bits per heavy atom. The molecule has 0 aliphatic rings. The van der Waals surface area contributed by atoms with Crippen molar-refractivity contribution in [3.63, 3.8) is 0 Å². The van der Waals surface area contributed by atoms with Gasteiger partial charge in [0.2, 0.25) is 0 Å². The summed E-state index contributed by atoms with van der Waals surface area (Å²) in [7, 11) is 0. The van der Waals surface area contributed by atoms with Gasteiger partial charge >= 0.3 is 0 Å². The lowest BCUT2D eigenvalue weighted by atomic mass is 9.90. The zero-order valence-corrected chi connectivity index (χ0v) is 13.5. The van der Waals surface area contributed by atoms with Crippen LogP contribution < -0.4 is 0 Å². The van der Waals surface area contributed by atoms with Crippen LogP contribution in [0.15, 0.2) is 72.8 Å². The third-order valence-corrected chi connectivity index (χ3v) is 4.12. The first-order valence-electron chi connectivity index (χ1n) is 7.91. The third-order valence-electron chi connectivity index (χ3n) is 4.12. The summed E-state index contributed by atoms with van der Waals surface area (Å²) in [4.78, 5) is 0. The van der Waals surface area contributed by atoms with Gasteiger partial charge in [-0.3, -0.25) is 0 Å². The second kappa shape index (κ2) is 6.19. The van der Waals surface area contributed by atoms with Gasteiger partial charge in [0.05, 0.1) is 0 Å². The molecule has 0 bridgehead atoms. The minimum Gasteiger partial charge on any atom is -0.0622 e. The molecule has 0 aromatic heterocycles. The van der Waals surface area contributed by atoms with E-state index < -0.39 is 0 Å². The van der Waals surface area contributed by atoms with E-state index in [1.54, 1.807) is 0 Å². The molecule has 0 N–H and O–H groups in total. The Bertz CT molecular complexity index is 767. The maximum atomic E-state index is 2.34. The molecule has 0 heterocycles. The van der Waals surface area contributed by atoms with Crippen molar-refractivity contribution < 1.29 is 0 Å². The predicted octanol–water partition coefficient (Wildman–Crippen LogP) is 6.45. The van der Waals surface area contributed by atoms with E-state index >= 15 is 0 Å². The molecule has 0 aliphatic heterocycles. The van der Waals surface area contributed by atoms with E-state index in [4.69, 9.17) is 0 Å². The van der Waals surface area contributed by atoms with Crippen LogP contribution in [-0.4, -0.2) is 0 Å². The molecule has 22 heavy (non-hydrogen) atoms. The smallest absolute Gasteiger partial charge is 0.0103 e. The van der Waals surface area contributed by atoms with E-state index in [1.165, 1.54) is 33.4 Å². The molecule has 0 radical (unpaired) electrons. The molecule has 0 atom stereocenters. The number of hydrogen-bond acceptors (Lipinski definition) is 0. The molecule has 3 rings (SSSR count). The molecule has 0 heteroatoms. The first-order valence-corrected chi connectivity index (χ1v) is 7.91. The van der Waals surface area contributed by atoms with Gasteiger partial charge in [-0.15, -0.1) is 0 Å². The lowest BCUT2D eigenvalue weighted by Crippen LogP contribution is -1.92. The highest BCUT2D eigenvalue weighted by Crippen LogP contribution is 2.34. The fourth-order valence-electron chi connectivity index (χ4n) is 2.84. The zero-order chi connectivity index (χ0) is 15.5. The average Bonchev–Trinajstić information content (AvgIpc) is 2.55. The molecule has 0 aliphatic carbocycles. The second-order valence-electron chi connectivity index (χ2n) is 6.20. The van der Waals surface area contributed by atoms with Gasteiger partial charge in [-0.2, -0.15) is 0 Å². The zero-order valence-electron chi connectivity index (χ0n) is 13.5. The Balaban J connectivity index is 2.22. The van der Waals surface area contributed by atoms with Crippen molar-refractivity contribution in [2.45, 2.75) is 26.7 Å². The predicted molar refractivity (Wildman–Crippen MR) is 96.1 cm³/mol. The fraction of sp³-hybridized carbons (Fsp3) is 0.182. The van der Waals surface area contributed by atoms with Crippen LogP contribution in [0.3, 0.4) is 0 Å². The molecule has 0 saturated carbocycles. The van der Waals surface area contributed by atoms with E-state index in [0.717, 1.165) is 0 Å². The second-order valence-corrected chi connectivity index (χ2v) is 6.20. The summed E-state index contributed by atoms with van der Waals surface area (Å²) in [6.45, 7) is 6.64. The Morgan fingerprint density at radius 2 is 1.36 bits per heavy atom. The summed E-state index contributed by atoms with van der Waals surface area (Å²) in [6.07, 6.45) is 0. The molecule has 3 aromatic rings. The van der Waals surface area contributed by atoms with Crippen LogP contribution in [0.25, 0.3) is 22.3 Å². The van der Waals surface area contributed by atoms with Crippen molar-refractivity contribution in [2.75, 3.05) is 0 Å². The molecule has 0 nitrogen and oxygen atoms in total. The van der Waals surface area contributed by atoms with Gasteiger partial charge in [-0.05, 0) is 40.7 Å². The summed E-state index contributed by atoms with van der Waals surface area (Å²) in [5.74, 6) is 0.536. The van der Waals surface area contributed by atoms with Crippen molar-refractivity contribution in [3.8, 4) is 22.3 Å². The summed E-state index contributed by atoms with van der Waals surface area (Å²) in [5.41, 5.74) is 7.87. The van der Waals surface area contributed by atoms with E-state index in [0.29, 0.717) is 5.92 Å². The van der Waals surface area contributed by atoms with E-state index in [-0.39, 0.29) is 0 Å². The van der Waals surface area contributed by atoms with E-state index in [9.17, 15) is 0 Å². The van der Waals surface area contributed by atoms with Gasteiger partial charge in [-0.1, -0.05) is 92.2 Å². The highest BCUT2D eigenvalue weighted by molar-refractivity contribution is 5.84. The summed E-state index contributed by atoms with van der Waals surface area (Å²) >= 11 is 0. The van der Waals surface area contributed by atoms with Gasteiger partial charge in [0.25, 0.3) is 0 Å². The van der Waals surface area contributed by atoms with Crippen molar-refractivity contribution in [1.29, 1.82) is 0 Å². The minimum atomic E-state index is 0.536. The first-order chi connectivity index (χ1) is 10.6. The number of hydrogen-bond donors (Lipinski definition) is 0. The van der Waals surface area contributed by atoms with E-state index in [2.05, 4.69) is 93.6 Å². The molecule has 110 valence electrons. The first kappa shape index (κ1) is 14.6. The maximum absolute atomic E-state index is 2.34. The third kappa shape index (κ3) is 2.96. The van der Waals surface area contributed by atoms with Crippen LogP contribution in [0.1, 0.15) is 30.9 Å². The van der Waals surface area contributed by atoms with Crippen molar-refractivity contribution in [1.82, 2.24) is 0 Å². The maximum Gasteiger partial charge on any atom is -0.0103 e. The van der Waals surface area contributed by atoms with Crippen molar-refractivity contribution >= 4 is 0 Å². The Labute approximate surface area is 133 Å². The van der Waals surface area contributed by atoms with Crippen LogP contribution in [0.4, 0.5) is 0 Å². The summed E-state index contributed by atoms with van der Waals surface area (Å²) < 4.78 is 0. The fourth-order valence-corrected chi connectivity index (χ4v) is 2.84. The van der Waals surface area contributed by atoms with Gasteiger partial charge in [0.1, 0.15) is 0 Å². The summed E-state index contributed by atoms with van der Waals surface area (Å²) in [6, 6.07) is 26.3. The molecule has 0 saturated heterocycles.